The first-order valence-electron chi connectivity index (χ1n) is 13.9. The molecular formula is C34H64O7. The summed E-state index contributed by atoms with van der Waals surface area (Å²) in [6, 6.07) is 0. The van der Waals surface area contributed by atoms with Crippen LogP contribution in [0.2, 0.25) is 0 Å². The van der Waals surface area contributed by atoms with Gasteiger partial charge < -0.3 is 18.9 Å². The lowest BCUT2D eigenvalue weighted by Crippen LogP contribution is -2.45. The Morgan fingerprint density at radius 3 is 1.98 bits per heavy atom. The summed E-state index contributed by atoms with van der Waals surface area (Å²) in [4.78, 5) is 37.5. The molecule has 4 saturated carbocycles. The van der Waals surface area contributed by atoms with E-state index >= 15 is 0 Å². The quantitative estimate of drug-likeness (QED) is 0.168. The van der Waals surface area contributed by atoms with E-state index < -0.39 is 0 Å². The molecule has 0 N–H and O–H groups in total. The molecule has 12 unspecified atom stereocenters. The van der Waals surface area contributed by atoms with Crippen LogP contribution in [0.4, 0.5) is 0 Å². The summed E-state index contributed by atoms with van der Waals surface area (Å²) in [5, 5.41) is 0. The third kappa shape index (κ3) is 6.62. The first-order chi connectivity index (χ1) is 16.8. The maximum atomic E-state index is 12.9. The van der Waals surface area contributed by atoms with Crippen molar-refractivity contribution in [1.82, 2.24) is 0 Å². The van der Waals surface area contributed by atoms with Gasteiger partial charge in [-0.1, -0.05) is 58.4 Å². The van der Waals surface area contributed by atoms with E-state index in [1.807, 2.05) is 6.92 Å². The van der Waals surface area contributed by atoms with Gasteiger partial charge in [0, 0.05) is 18.9 Å². The van der Waals surface area contributed by atoms with Gasteiger partial charge in [-0.25, -0.2) is 0 Å². The molecule has 242 valence electrons. The Morgan fingerprint density at radius 2 is 1.41 bits per heavy atom. The molecule has 0 aromatic heterocycles. The van der Waals surface area contributed by atoms with Gasteiger partial charge >= 0.3 is 11.9 Å². The Morgan fingerprint density at radius 1 is 0.805 bits per heavy atom. The van der Waals surface area contributed by atoms with Crippen LogP contribution in [0.25, 0.3) is 0 Å². The number of esters is 2. The zero-order valence-corrected chi connectivity index (χ0v) is 21.2. The van der Waals surface area contributed by atoms with Crippen molar-refractivity contribution in [2.24, 2.45) is 71.0 Å². The van der Waals surface area contributed by atoms with Crippen LogP contribution in [0.1, 0.15) is 97.4 Å². The molecule has 6 aliphatic rings. The highest BCUT2D eigenvalue weighted by atomic mass is 16.7. The fourth-order valence-corrected chi connectivity index (χ4v) is 9.80. The molecule has 0 spiro atoms. The molecule has 6 fully saturated rings. The SMILES string of the molecule is C.C.C.C.C.C.CC(=O)C1CC2CC1C(C)C2C1C2CC(CC2COCCC2OCCO2)C1C1C(=O)OC(=O)C1C. The summed E-state index contributed by atoms with van der Waals surface area (Å²) in [6.45, 7) is 8.69. The molecule has 4 bridgehead atoms. The highest BCUT2D eigenvalue weighted by Crippen LogP contribution is 2.68. The van der Waals surface area contributed by atoms with E-state index in [-0.39, 0.29) is 86.5 Å². The summed E-state index contributed by atoms with van der Waals surface area (Å²) in [5.41, 5.74) is 0. The molecule has 2 aliphatic heterocycles. The minimum Gasteiger partial charge on any atom is -0.393 e. The van der Waals surface area contributed by atoms with Gasteiger partial charge in [0.15, 0.2) is 6.29 Å². The molecule has 0 aromatic rings. The van der Waals surface area contributed by atoms with Crippen LogP contribution in [0.3, 0.4) is 0 Å². The largest absolute Gasteiger partial charge is 0.393 e. The van der Waals surface area contributed by atoms with Crippen molar-refractivity contribution in [1.29, 1.82) is 0 Å². The van der Waals surface area contributed by atoms with Crippen molar-refractivity contribution in [3.05, 3.63) is 0 Å². The molecule has 7 nitrogen and oxygen atoms in total. The lowest BCUT2D eigenvalue weighted by Gasteiger charge is -2.46. The van der Waals surface area contributed by atoms with Crippen LogP contribution in [0.15, 0.2) is 0 Å². The fraction of sp³-hybridized carbons (Fsp3) is 0.912. The van der Waals surface area contributed by atoms with Crippen molar-refractivity contribution in [3.63, 3.8) is 0 Å². The number of carbonyl (C=O) groups is 3. The number of rotatable bonds is 8. The van der Waals surface area contributed by atoms with Crippen LogP contribution >= 0.6 is 0 Å². The average molecular weight is 585 g/mol. The second-order valence-electron chi connectivity index (χ2n) is 12.4. The molecule has 41 heavy (non-hydrogen) atoms. The Bertz CT molecular complexity index is 865. The molecule has 6 rings (SSSR count). The third-order valence-electron chi connectivity index (χ3n) is 11.0. The molecule has 0 radical (unpaired) electrons. The summed E-state index contributed by atoms with van der Waals surface area (Å²) in [7, 11) is 0. The smallest absolute Gasteiger partial charge is 0.317 e. The van der Waals surface area contributed by atoms with Gasteiger partial charge in [-0.3, -0.25) is 14.4 Å². The minimum absolute atomic E-state index is 0. The highest BCUT2D eigenvalue weighted by molar-refractivity contribution is 5.96. The number of ether oxygens (including phenoxy) is 4. The van der Waals surface area contributed by atoms with Crippen LogP contribution in [0.5, 0.6) is 0 Å². The zero-order valence-electron chi connectivity index (χ0n) is 21.2. The van der Waals surface area contributed by atoms with Gasteiger partial charge in [-0.15, -0.1) is 0 Å². The van der Waals surface area contributed by atoms with E-state index in [1.54, 1.807) is 6.92 Å². The Balaban J connectivity index is 0.00000267. The molecule has 0 amide bonds. The van der Waals surface area contributed by atoms with E-state index in [4.69, 9.17) is 18.9 Å². The van der Waals surface area contributed by atoms with Gasteiger partial charge in [0.25, 0.3) is 0 Å². The van der Waals surface area contributed by atoms with Crippen LogP contribution in [-0.4, -0.2) is 50.4 Å². The minimum atomic E-state index is -0.352. The van der Waals surface area contributed by atoms with E-state index in [1.165, 1.54) is 0 Å². The Hall–Kier alpha value is -1.31. The standard InChI is InChI=1S/C28H40O7.6CH4/c1-13-19-9-17(10-20(19)15(3)29)23(13)26-21-11-16(25(26)24-14(2)27(30)35-28(24)31)8-18(21)12-32-5-4-22-33-6-7-34-22;;;;;;/h13-14,16-26H,4-12H2,1-3H3;6*1H4. The average Bonchev–Trinajstić information content (AvgIpc) is 3.64. The Labute approximate surface area is 252 Å². The van der Waals surface area contributed by atoms with Crippen LogP contribution in [0, 0.1) is 71.0 Å². The predicted molar refractivity (Wildman–Crippen MR) is 165 cm³/mol. The van der Waals surface area contributed by atoms with Gasteiger partial charge in [-0.2, -0.15) is 0 Å². The van der Waals surface area contributed by atoms with Crippen molar-refractivity contribution >= 4 is 17.7 Å². The van der Waals surface area contributed by atoms with Gasteiger partial charge in [0.2, 0.25) is 0 Å². The molecular weight excluding hydrogens is 520 g/mol. The van der Waals surface area contributed by atoms with E-state index in [9.17, 15) is 14.4 Å². The van der Waals surface area contributed by atoms with E-state index in [0.717, 1.165) is 38.7 Å². The van der Waals surface area contributed by atoms with Crippen LogP contribution < -0.4 is 0 Å². The summed E-state index contributed by atoms with van der Waals surface area (Å²) in [5.74, 6) is 3.34. The molecule has 0 aromatic carbocycles. The van der Waals surface area contributed by atoms with E-state index in [0.29, 0.717) is 72.9 Å². The molecule has 7 heteroatoms. The molecule has 2 saturated heterocycles. The topological polar surface area (TPSA) is 88.1 Å². The summed E-state index contributed by atoms with van der Waals surface area (Å²) < 4.78 is 22.3. The number of fused-ring (bicyclic) bond motifs is 4. The number of cyclic esters (lactones) is 2. The predicted octanol–water partition coefficient (Wildman–Crippen LogP) is 7.30. The molecule has 4 aliphatic carbocycles. The lowest BCUT2D eigenvalue weighted by molar-refractivity contribution is -0.154. The molecule has 12 atom stereocenters. The van der Waals surface area contributed by atoms with Crippen molar-refractivity contribution in [3.8, 4) is 0 Å². The second kappa shape index (κ2) is 15.4. The number of hydrogen-bond donors (Lipinski definition) is 0. The lowest BCUT2D eigenvalue weighted by atomic mass is 9.57. The maximum Gasteiger partial charge on any atom is 0.317 e. The normalized spacial score (nSPS) is 41.7. The van der Waals surface area contributed by atoms with Crippen molar-refractivity contribution in [2.45, 2.75) is 104 Å². The molecule has 2 heterocycles. The van der Waals surface area contributed by atoms with Gasteiger partial charge in [0.05, 0.1) is 31.7 Å². The second-order valence-corrected chi connectivity index (χ2v) is 12.4. The number of hydrogen-bond acceptors (Lipinski definition) is 7. The maximum absolute atomic E-state index is 12.9. The first-order valence-corrected chi connectivity index (χ1v) is 13.9. The number of Topliss-reactive ketones (excluding diaryl/α,β-unsaturated/α-hetero) is 1. The summed E-state index contributed by atoms with van der Waals surface area (Å²) in [6.07, 6.45) is 4.96. The van der Waals surface area contributed by atoms with Crippen LogP contribution in [-0.2, 0) is 33.3 Å². The highest BCUT2D eigenvalue weighted by Gasteiger charge is 2.65. The van der Waals surface area contributed by atoms with Crippen molar-refractivity contribution < 1.29 is 33.3 Å². The fourth-order valence-electron chi connectivity index (χ4n) is 9.80. The Kier molecular flexibility index (Phi) is 14.9. The summed E-state index contributed by atoms with van der Waals surface area (Å²) >= 11 is 0. The zero-order chi connectivity index (χ0) is 24.4. The van der Waals surface area contributed by atoms with Gasteiger partial charge in [-0.05, 0) is 85.9 Å². The van der Waals surface area contributed by atoms with Crippen molar-refractivity contribution in [2.75, 3.05) is 26.4 Å². The number of carbonyl (C=O) groups excluding carboxylic acids is 3. The van der Waals surface area contributed by atoms with Gasteiger partial charge in [0.1, 0.15) is 5.78 Å². The first kappa shape index (κ1) is 39.7. The monoisotopic (exact) mass is 584 g/mol. The number of ketones is 1. The third-order valence-corrected chi connectivity index (χ3v) is 11.0. The van der Waals surface area contributed by atoms with E-state index in [2.05, 4.69) is 6.92 Å².